The molecule has 7 nitrogen and oxygen atoms in total. The molecule has 1 aliphatic heterocycles. The fraction of sp³-hybridized carbons (Fsp3) is 0.632. The van der Waals surface area contributed by atoms with E-state index in [0.717, 1.165) is 5.56 Å². The Morgan fingerprint density at radius 2 is 1.70 bits per heavy atom. The van der Waals surface area contributed by atoms with E-state index < -0.39 is 10.0 Å². The third-order valence-electron chi connectivity index (χ3n) is 4.95. The summed E-state index contributed by atoms with van der Waals surface area (Å²) in [5.74, 6) is -0.0566. The average molecular weight is 398 g/mol. The van der Waals surface area contributed by atoms with Gasteiger partial charge in [0.15, 0.2) is 0 Å². The molecule has 2 rings (SSSR count). The molecule has 0 radical (unpaired) electrons. The highest BCUT2D eigenvalue weighted by atomic mass is 32.2. The van der Waals surface area contributed by atoms with Crippen molar-refractivity contribution in [3.63, 3.8) is 0 Å². The van der Waals surface area contributed by atoms with Gasteiger partial charge in [-0.15, -0.1) is 0 Å². The number of sulfonamides is 1. The highest BCUT2D eigenvalue weighted by Gasteiger charge is 2.30. The molecule has 0 aliphatic carbocycles. The number of methoxy groups -OCH3 is 1. The molecule has 1 unspecified atom stereocenters. The summed E-state index contributed by atoms with van der Waals surface area (Å²) in [5.41, 5.74) is 6.62. The number of hydrogen-bond donors (Lipinski definition) is 1. The zero-order valence-corrected chi connectivity index (χ0v) is 17.5. The predicted octanol–water partition coefficient (Wildman–Crippen LogP) is 1.18. The van der Waals surface area contributed by atoms with E-state index >= 15 is 0 Å². The zero-order valence-electron chi connectivity index (χ0n) is 16.6. The molecule has 0 spiro atoms. The molecule has 0 saturated carbocycles. The van der Waals surface area contributed by atoms with Crippen LogP contribution in [0.25, 0.3) is 0 Å². The van der Waals surface area contributed by atoms with Crippen molar-refractivity contribution in [2.75, 3.05) is 39.8 Å². The van der Waals surface area contributed by atoms with Gasteiger partial charge in [0.25, 0.3) is 0 Å². The van der Waals surface area contributed by atoms with Crippen LogP contribution in [0.5, 0.6) is 0 Å². The lowest BCUT2D eigenvalue weighted by molar-refractivity contribution is -0.134. The van der Waals surface area contributed by atoms with E-state index in [9.17, 15) is 13.2 Å². The molecule has 1 atom stereocenters. The Labute approximate surface area is 162 Å². The number of piperazine rings is 1. The highest BCUT2D eigenvalue weighted by molar-refractivity contribution is 7.89. The van der Waals surface area contributed by atoms with Crippen LogP contribution in [0.1, 0.15) is 32.8 Å². The van der Waals surface area contributed by atoms with Crippen molar-refractivity contribution in [3.05, 3.63) is 29.8 Å². The molecule has 27 heavy (non-hydrogen) atoms. The van der Waals surface area contributed by atoms with Crippen molar-refractivity contribution in [1.82, 2.24) is 9.21 Å². The Balaban J connectivity index is 2.01. The van der Waals surface area contributed by atoms with Crippen LogP contribution in [0.15, 0.2) is 29.2 Å². The molecule has 1 aromatic carbocycles. The second-order valence-electron chi connectivity index (χ2n) is 7.86. The van der Waals surface area contributed by atoms with Crippen molar-refractivity contribution in [2.45, 2.75) is 43.6 Å². The Bertz CT molecular complexity index is 729. The number of rotatable bonds is 6. The van der Waals surface area contributed by atoms with Gasteiger partial charge in [-0.2, -0.15) is 4.31 Å². The lowest BCUT2D eigenvalue weighted by atomic mass is 9.87. The molecular weight excluding hydrogens is 366 g/mol. The summed E-state index contributed by atoms with van der Waals surface area (Å²) in [6.07, 6.45) is -0.0887. The van der Waals surface area contributed by atoms with E-state index in [1.165, 1.54) is 11.4 Å². The molecule has 1 aromatic rings. The van der Waals surface area contributed by atoms with Crippen LogP contribution < -0.4 is 5.73 Å². The van der Waals surface area contributed by atoms with Crippen LogP contribution in [-0.2, 0) is 25.0 Å². The molecule has 0 bridgehead atoms. The van der Waals surface area contributed by atoms with E-state index in [-0.39, 0.29) is 48.4 Å². The molecule has 1 aliphatic rings. The first-order valence-electron chi connectivity index (χ1n) is 9.21. The van der Waals surface area contributed by atoms with Gasteiger partial charge in [0.1, 0.15) is 0 Å². The number of benzene rings is 1. The molecule has 152 valence electrons. The third kappa shape index (κ3) is 5.28. The number of hydrogen-bond acceptors (Lipinski definition) is 5. The molecule has 1 heterocycles. The van der Waals surface area contributed by atoms with Crippen LogP contribution in [-0.4, -0.2) is 69.5 Å². The van der Waals surface area contributed by atoms with E-state index in [2.05, 4.69) is 20.8 Å². The molecule has 8 heteroatoms. The van der Waals surface area contributed by atoms with Crippen LogP contribution in [0, 0.1) is 0 Å². The van der Waals surface area contributed by atoms with Crippen LogP contribution in [0.4, 0.5) is 0 Å². The lowest BCUT2D eigenvalue weighted by Gasteiger charge is -2.34. The lowest BCUT2D eigenvalue weighted by Crippen LogP contribution is -2.51. The number of ether oxygens (including phenoxy) is 1. The summed E-state index contributed by atoms with van der Waals surface area (Å²) in [6, 6.07) is 7.06. The summed E-state index contributed by atoms with van der Waals surface area (Å²) in [7, 11) is -2.03. The minimum atomic E-state index is -3.56. The zero-order chi connectivity index (χ0) is 20.2. The van der Waals surface area contributed by atoms with Crippen LogP contribution in [0.2, 0.25) is 0 Å². The van der Waals surface area contributed by atoms with Gasteiger partial charge < -0.3 is 15.4 Å². The minimum Gasteiger partial charge on any atom is -0.380 e. The van der Waals surface area contributed by atoms with Gasteiger partial charge in [-0.1, -0.05) is 32.9 Å². The Kier molecular flexibility index (Phi) is 7.02. The fourth-order valence-corrected chi connectivity index (χ4v) is 4.46. The maximum absolute atomic E-state index is 12.9. The standard InChI is InChI=1S/C19H31N3O4S/c1-19(2,3)15-5-7-17(8-6-15)27(24,25)22-11-9-21(10-12-22)18(23)13-16(14-20)26-4/h5-8,16H,9-14,20H2,1-4H3. The largest absolute Gasteiger partial charge is 0.380 e. The number of nitrogens with two attached hydrogens (primary N) is 1. The van der Waals surface area contributed by atoms with Crippen molar-refractivity contribution in [3.8, 4) is 0 Å². The maximum Gasteiger partial charge on any atom is 0.243 e. The summed E-state index contributed by atoms with van der Waals surface area (Å²) in [4.78, 5) is 14.3. The Hall–Kier alpha value is -1.48. The quantitative estimate of drug-likeness (QED) is 0.778. The smallest absolute Gasteiger partial charge is 0.243 e. The number of carbonyl (C=O) groups excluding carboxylic acids is 1. The number of nitrogens with zero attached hydrogens (tertiary/aromatic N) is 2. The van der Waals surface area contributed by atoms with Crippen LogP contribution >= 0.6 is 0 Å². The van der Waals surface area contributed by atoms with Gasteiger partial charge in [-0.05, 0) is 23.1 Å². The van der Waals surface area contributed by atoms with Crippen molar-refractivity contribution >= 4 is 15.9 Å². The number of amides is 1. The SMILES string of the molecule is COC(CN)CC(=O)N1CCN(S(=O)(=O)c2ccc(C(C)(C)C)cc2)CC1. The van der Waals surface area contributed by atoms with Gasteiger partial charge >= 0.3 is 0 Å². The topological polar surface area (TPSA) is 92.9 Å². The first-order chi connectivity index (χ1) is 12.6. The second-order valence-corrected chi connectivity index (χ2v) is 9.79. The number of carbonyl (C=O) groups is 1. The molecule has 1 amide bonds. The average Bonchev–Trinajstić information content (AvgIpc) is 2.65. The Morgan fingerprint density at radius 1 is 1.15 bits per heavy atom. The van der Waals surface area contributed by atoms with Crippen LogP contribution in [0.3, 0.4) is 0 Å². The van der Waals surface area contributed by atoms with Crippen molar-refractivity contribution < 1.29 is 17.9 Å². The summed E-state index contributed by atoms with van der Waals surface area (Å²) in [6.45, 7) is 7.87. The first-order valence-corrected chi connectivity index (χ1v) is 10.6. The van der Waals surface area contributed by atoms with Crippen molar-refractivity contribution in [1.29, 1.82) is 0 Å². The molecule has 0 aromatic heterocycles. The summed E-state index contributed by atoms with van der Waals surface area (Å²) >= 11 is 0. The monoisotopic (exact) mass is 397 g/mol. The van der Waals surface area contributed by atoms with E-state index in [1.807, 2.05) is 12.1 Å². The van der Waals surface area contributed by atoms with Gasteiger partial charge in [0, 0.05) is 39.8 Å². The van der Waals surface area contributed by atoms with Gasteiger partial charge in [0.2, 0.25) is 15.9 Å². The van der Waals surface area contributed by atoms with Crippen molar-refractivity contribution in [2.24, 2.45) is 5.73 Å². The van der Waals surface area contributed by atoms with Gasteiger partial charge in [-0.3, -0.25) is 4.79 Å². The molecule has 1 fully saturated rings. The molecular formula is C19H31N3O4S. The van der Waals surface area contributed by atoms with Gasteiger partial charge in [-0.25, -0.2) is 8.42 Å². The van der Waals surface area contributed by atoms with Gasteiger partial charge in [0.05, 0.1) is 17.4 Å². The van der Waals surface area contributed by atoms with E-state index in [1.54, 1.807) is 17.0 Å². The minimum absolute atomic E-state index is 0.0299. The first kappa shape index (κ1) is 21.8. The predicted molar refractivity (Wildman–Crippen MR) is 105 cm³/mol. The van der Waals surface area contributed by atoms with E-state index in [0.29, 0.717) is 13.1 Å². The molecule has 1 saturated heterocycles. The summed E-state index contributed by atoms with van der Waals surface area (Å²) in [5, 5.41) is 0. The molecule has 2 N–H and O–H groups in total. The second kappa shape index (κ2) is 8.68. The fourth-order valence-electron chi connectivity index (χ4n) is 3.04. The third-order valence-corrected chi connectivity index (χ3v) is 6.86. The Morgan fingerprint density at radius 3 is 2.15 bits per heavy atom. The summed E-state index contributed by atoms with van der Waals surface area (Å²) < 4.78 is 32.4. The maximum atomic E-state index is 12.9. The van der Waals surface area contributed by atoms with E-state index in [4.69, 9.17) is 10.5 Å². The normalized spacial score (nSPS) is 17.7. The highest BCUT2D eigenvalue weighted by Crippen LogP contribution is 2.25.